The zero-order chi connectivity index (χ0) is 16.1. The third-order valence-electron chi connectivity index (χ3n) is 4.46. The van der Waals surface area contributed by atoms with Gasteiger partial charge in [0.25, 0.3) is 0 Å². The van der Waals surface area contributed by atoms with Gasteiger partial charge >= 0.3 is 5.97 Å². The molecule has 3 heteroatoms. The number of esters is 1. The third-order valence-corrected chi connectivity index (χ3v) is 4.46. The number of carbonyl (C=O) groups excluding carboxylic acids is 1. The van der Waals surface area contributed by atoms with Gasteiger partial charge in [-0.3, -0.25) is 0 Å². The highest BCUT2D eigenvalue weighted by Gasteiger charge is 2.19. The predicted molar refractivity (Wildman–Crippen MR) is 90.6 cm³/mol. The highest BCUT2D eigenvalue weighted by Crippen LogP contribution is 2.36. The molecule has 0 spiro atoms. The van der Waals surface area contributed by atoms with Crippen LogP contribution < -0.4 is 0 Å². The quantitative estimate of drug-likeness (QED) is 0.585. The molecular weight excluding hydrogens is 288 g/mol. The molecule has 1 aliphatic rings. The standard InChI is InChI=1S/C20H22O3/c1-22-13-14-23-20(21)19-11-9-18(10-12-19)17-7-5-16(6-8-17)15-3-2-4-15/h5-12,15H,2-4,13-14H2,1H3. The Kier molecular flexibility index (Phi) is 5.09. The second-order valence-corrected chi connectivity index (χ2v) is 5.96. The van der Waals surface area contributed by atoms with Crippen molar-refractivity contribution in [3.05, 3.63) is 59.7 Å². The first-order chi connectivity index (χ1) is 11.3. The second-order valence-electron chi connectivity index (χ2n) is 5.96. The van der Waals surface area contributed by atoms with Crippen molar-refractivity contribution in [2.75, 3.05) is 20.3 Å². The normalized spacial score (nSPS) is 14.3. The van der Waals surface area contributed by atoms with Crippen LogP contribution in [0.25, 0.3) is 11.1 Å². The second kappa shape index (κ2) is 7.42. The molecular formula is C20H22O3. The van der Waals surface area contributed by atoms with Gasteiger partial charge < -0.3 is 9.47 Å². The highest BCUT2D eigenvalue weighted by atomic mass is 16.6. The average Bonchev–Trinajstić information content (AvgIpc) is 2.54. The van der Waals surface area contributed by atoms with Crippen LogP contribution in [-0.2, 0) is 9.47 Å². The molecule has 0 radical (unpaired) electrons. The van der Waals surface area contributed by atoms with E-state index >= 15 is 0 Å². The summed E-state index contributed by atoms with van der Waals surface area (Å²) in [7, 11) is 1.58. The molecule has 0 bridgehead atoms. The lowest BCUT2D eigenvalue weighted by Crippen LogP contribution is -2.09. The summed E-state index contributed by atoms with van der Waals surface area (Å²) in [5.41, 5.74) is 4.29. The monoisotopic (exact) mass is 310 g/mol. The summed E-state index contributed by atoms with van der Waals surface area (Å²) >= 11 is 0. The van der Waals surface area contributed by atoms with Crippen molar-refractivity contribution in [1.82, 2.24) is 0 Å². The van der Waals surface area contributed by atoms with Crippen molar-refractivity contribution in [3.8, 4) is 11.1 Å². The smallest absolute Gasteiger partial charge is 0.338 e. The molecule has 1 fully saturated rings. The topological polar surface area (TPSA) is 35.5 Å². The van der Waals surface area contributed by atoms with Gasteiger partial charge in [0, 0.05) is 7.11 Å². The molecule has 2 aromatic rings. The maximum Gasteiger partial charge on any atom is 0.338 e. The first-order valence-corrected chi connectivity index (χ1v) is 8.14. The van der Waals surface area contributed by atoms with Crippen LogP contribution in [0.5, 0.6) is 0 Å². The molecule has 23 heavy (non-hydrogen) atoms. The lowest BCUT2D eigenvalue weighted by molar-refractivity contribution is 0.0388. The number of methoxy groups -OCH3 is 1. The van der Waals surface area contributed by atoms with Gasteiger partial charge in [0.2, 0.25) is 0 Å². The van der Waals surface area contributed by atoms with Crippen LogP contribution in [0.2, 0.25) is 0 Å². The van der Waals surface area contributed by atoms with Crippen LogP contribution in [0.4, 0.5) is 0 Å². The Hall–Kier alpha value is -2.13. The minimum Gasteiger partial charge on any atom is -0.460 e. The van der Waals surface area contributed by atoms with E-state index in [9.17, 15) is 4.79 Å². The minimum absolute atomic E-state index is 0.277. The van der Waals surface area contributed by atoms with Crippen molar-refractivity contribution in [2.24, 2.45) is 0 Å². The van der Waals surface area contributed by atoms with Crippen LogP contribution in [0.1, 0.15) is 41.1 Å². The van der Waals surface area contributed by atoms with Gasteiger partial charge in [-0.25, -0.2) is 4.79 Å². The maximum atomic E-state index is 11.8. The molecule has 1 aliphatic carbocycles. The van der Waals surface area contributed by atoms with E-state index in [1.807, 2.05) is 24.3 Å². The lowest BCUT2D eigenvalue weighted by Gasteiger charge is -2.25. The minimum atomic E-state index is -0.311. The Morgan fingerprint density at radius 2 is 1.57 bits per heavy atom. The summed E-state index contributed by atoms with van der Waals surface area (Å²) in [4.78, 5) is 11.8. The van der Waals surface area contributed by atoms with E-state index in [1.54, 1.807) is 7.11 Å². The van der Waals surface area contributed by atoms with Crippen LogP contribution in [0, 0.1) is 0 Å². The van der Waals surface area contributed by atoms with E-state index in [2.05, 4.69) is 24.3 Å². The van der Waals surface area contributed by atoms with Crippen LogP contribution in [-0.4, -0.2) is 26.3 Å². The number of carbonyl (C=O) groups is 1. The lowest BCUT2D eigenvalue weighted by atomic mass is 9.80. The molecule has 0 amide bonds. The first-order valence-electron chi connectivity index (χ1n) is 8.14. The molecule has 0 unspecified atom stereocenters. The molecule has 3 rings (SSSR count). The predicted octanol–water partition coefficient (Wildman–Crippen LogP) is 4.42. The summed E-state index contributed by atoms with van der Waals surface area (Å²) in [5.74, 6) is 0.447. The Labute approximate surface area is 137 Å². The molecule has 0 atom stereocenters. The van der Waals surface area contributed by atoms with Crippen molar-refractivity contribution in [1.29, 1.82) is 0 Å². The molecule has 0 heterocycles. The number of rotatable bonds is 6. The largest absolute Gasteiger partial charge is 0.460 e. The van der Waals surface area contributed by atoms with E-state index in [4.69, 9.17) is 9.47 Å². The Bertz CT molecular complexity index is 640. The van der Waals surface area contributed by atoms with Crippen molar-refractivity contribution in [3.63, 3.8) is 0 Å². The molecule has 0 aromatic heterocycles. The SMILES string of the molecule is COCCOC(=O)c1ccc(-c2ccc(C3CCC3)cc2)cc1. The molecule has 3 nitrogen and oxygen atoms in total. The van der Waals surface area contributed by atoms with Gasteiger partial charge in [0.15, 0.2) is 0 Å². The summed E-state index contributed by atoms with van der Waals surface area (Å²) in [5, 5.41) is 0. The molecule has 1 saturated carbocycles. The van der Waals surface area contributed by atoms with Crippen molar-refractivity contribution >= 4 is 5.97 Å². The number of hydrogen-bond acceptors (Lipinski definition) is 3. The fourth-order valence-electron chi connectivity index (χ4n) is 2.79. The fraction of sp³-hybridized carbons (Fsp3) is 0.350. The summed E-state index contributed by atoms with van der Waals surface area (Å²) in [6.45, 7) is 0.691. The fourth-order valence-corrected chi connectivity index (χ4v) is 2.79. The molecule has 0 N–H and O–H groups in total. The van der Waals surface area contributed by atoms with Gasteiger partial charge in [0.1, 0.15) is 6.61 Å². The van der Waals surface area contributed by atoms with Crippen LogP contribution >= 0.6 is 0 Å². The molecule has 0 saturated heterocycles. The van der Waals surface area contributed by atoms with Gasteiger partial charge in [0.05, 0.1) is 12.2 Å². The summed E-state index contributed by atoms with van der Waals surface area (Å²) in [6, 6.07) is 16.3. The number of hydrogen-bond donors (Lipinski definition) is 0. The van der Waals surface area contributed by atoms with E-state index < -0.39 is 0 Å². The Morgan fingerprint density at radius 1 is 0.957 bits per heavy atom. The van der Waals surface area contributed by atoms with Crippen molar-refractivity contribution < 1.29 is 14.3 Å². The van der Waals surface area contributed by atoms with Gasteiger partial charge in [-0.15, -0.1) is 0 Å². The molecule has 120 valence electrons. The Morgan fingerprint density at radius 3 is 2.09 bits per heavy atom. The zero-order valence-electron chi connectivity index (χ0n) is 13.5. The highest BCUT2D eigenvalue weighted by molar-refractivity contribution is 5.90. The zero-order valence-corrected chi connectivity index (χ0v) is 13.5. The van der Waals surface area contributed by atoms with Crippen LogP contribution in [0.15, 0.2) is 48.5 Å². The van der Waals surface area contributed by atoms with Crippen molar-refractivity contribution in [2.45, 2.75) is 25.2 Å². The molecule has 0 aliphatic heterocycles. The van der Waals surface area contributed by atoms with Gasteiger partial charge in [-0.05, 0) is 47.6 Å². The average molecular weight is 310 g/mol. The van der Waals surface area contributed by atoms with E-state index in [-0.39, 0.29) is 12.6 Å². The van der Waals surface area contributed by atoms with E-state index in [0.29, 0.717) is 12.2 Å². The third kappa shape index (κ3) is 3.80. The molecule has 2 aromatic carbocycles. The van der Waals surface area contributed by atoms with Crippen LogP contribution in [0.3, 0.4) is 0 Å². The number of ether oxygens (including phenoxy) is 2. The van der Waals surface area contributed by atoms with E-state index in [0.717, 1.165) is 11.5 Å². The summed E-state index contributed by atoms with van der Waals surface area (Å²) < 4.78 is 9.98. The Balaban J connectivity index is 1.65. The first kappa shape index (κ1) is 15.8. The number of benzene rings is 2. The van der Waals surface area contributed by atoms with Gasteiger partial charge in [-0.1, -0.05) is 42.8 Å². The van der Waals surface area contributed by atoms with E-state index in [1.165, 1.54) is 30.4 Å². The summed E-state index contributed by atoms with van der Waals surface area (Å²) in [6.07, 6.45) is 3.99. The van der Waals surface area contributed by atoms with Gasteiger partial charge in [-0.2, -0.15) is 0 Å². The maximum absolute atomic E-state index is 11.8.